The third kappa shape index (κ3) is 6.13. The summed E-state index contributed by atoms with van der Waals surface area (Å²) in [5.74, 6) is 2.52. The number of nitrogens with zero attached hydrogens (tertiary/aromatic N) is 4. The Balaban J connectivity index is 1.33. The summed E-state index contributed by atoms with van der Waals surface area (Å²) in [4.78, 5) is 4.80. The van der Waals surface area contributed by atoms with Crippen molar-refractivity contribution >= 4 is 21.8 Å². The van der Waals surface area contributed by atoms with Crippen LogP contribution in [0.15, 0.2) is 103 Å². The monoisotopic (exact) mass is 632 g/mol. The number of aryl methyl sites for hydroxylation is 4. The van der Waals surface area contributed by atoms with Crippen molar-refractivity contribution in [3.05, 3.63) is 131 Å². The van der Waals surface area contributed by atoms with E-state index in [0.717, 1.165) is 71.1 Å². The summed E-state index contributed by atoms with van der Waals surface area (Å²) in [6.07, 6.45) is 8.59. The molecule has 0 saturated heterocycles. The summed E-state index contributed by atoms with van der Waals surface area (Å²) < 4.78 is 11.1. The quantitative estimate of drug-likeness (QED) is 0.133. The van der Waals surface area contributed by atoms with Gasteiger partial charge in [0, 0.05) is 40.4 Å². The van der Waals surface area contributed by atoms with Crippen LogP contribution in [0.3, 0.4) is 0 Å². The minimum Gasteiger partial charge on any atom is -0.457 e. The van der Waals surface area contributed by atoms with Gasteiger partial charge in [-0.05, 0) is 111 Å². The summed E-state index contributed by atoms with van der Waals surface area (Å²) in [6, 6.07) is 34.6. The minimum absolute atomic E-state index is 0.794. The van der Waals surface area contributed by atoms with Gasteiger partial charge in [0.05, 0.1) is 22.4 Å². The Morgan fingerprint density at radius 1 is 0.667 bits per heavy atom. The van der Waals surface area contributed by atoms with Crippen molar-refractivity contribution in [2.75, 3.05) is 0 Å². The molecule has 5 nitrogen and oxygen atoms in total. The molecule has 48 heavy (non-hydrogen) atoms. The average Bonchev–Trinajstić information content (AvgIpc) is 3.57. The van der Waals surface area contributed by atoms with E-state index in [2.05, 4.69) is 135 Å². The molecule has 0 fully saturated rings. The van der Waals surface area contributed by atoms with Crippen molar-refractivity contribution < 1.29 is 4.74 Å². The molecule has 0 saturated carbocycles. The molecule has 5 heteroatoms. The van der Waals surface area contributed by atoms with Gasteiger partial charge in [0.15, 0.2) is 0 Å². The zero-order chi connectivity index (χ0) is 33.2. The Bertz CT molecular complexity index is 2220. The van der Waals surface area contributed by atoms with Gasteiger partial charge >= 0.3 is 0 Å². The third-order valence-electron chi connectivity index (χ3n) is 9.33. The summed E-state index contributed by atoms with van der Waals surface area (Å²) in [5, 5.41) is 7.47. The number of hydrogen-bond donors (Lipinski definition) is 0. The minimum atomic E-state index is 0.794. The lowest BCUT2D eigenvalue weighted by Crippen LogP contribution is -2.02. The molecule has 0 spiro atoms. The van der Waals surface area contributed by atoms with Crippen molar-refractivity contribution in [1.29, 1.82) is 0 Å². The lowest BCUT2D eigenvalue weighted by Gasteiger charge is -2.13. The first kappa shape index (κ1) is 31.4. The van der Waals surface area contributed by atoms with E-state index in [4.69, 9.17) is 14.8 Å². The van der Waals surface area contributed by atoms with Gasteiger partial charge in [0.25, 0.3) is 0 Å². The molecule has 0 aliphatic heterocycles. The van der Waals surface area contributed by atoms with Gasteiger partial charge in [0.1, 0.15) is 17.3 Å². The summed E-state index contributed by atoms with van der Waals surface area (Å²) in [6.45, 7) is 10.8. The smallest absolute Gasteiger partial charge is 0.137 e. The van der Waals surface area contributed by atoms with Crippen LogP contribution in [0.1, 0.15) is 67.6 Å². The first-order valence-electron chi connectivity index (χ1n) is 17.4. The molecule has 0 N–H and O–H groups in total. The molecule has 0 bridgehead atoms. The highest BCUT2D eigenvalue weighted by molar-refractivity contribution is 6.09. The van der Waals surface area contributed by atoms with Crippen molar-refractivity contribution in [3.8, 4) is 34.1 Å². The van der Waals surface area contributed by atoms with Crippen LogP contribution < -0.4 is 4.74 Å². The van der Waals surface area contributed by atoms with Crippen molar-refractivity contribution in [3.63, 3.8) is 0 Å². The Hall–Kier alpha value is -5.16. The number of aromatic nitrogens is 4. The van der Waals surface area contributed by atoms with Gasteiger partial charge in [-0.2, -0.15) is 5.10 Å². The molecule has 0 radical (unpaired) electrons. The Morgan fingerprint density at radius 3 is 2.31 bits per heavy atom. The lowest BCUT2D eigenvalue weighted by atomic mass is 10.0. The Morgan fingerprint density at radius 2 is 1.52 bits per heavy atom. The molecule has 3 aromatic heterocycles. The number of pyridine rings is 1. The molecule has 0 atom stereocenters. The average molecular weight is 633 g/mol. The van der Waals surface area contributed by atoms with E-state index < -0.39 is 0 Å². The second-order valence-corrected chi connectivity index (χ2v) is 13.0. The highest BCUT2D eigenvalue weighted by atomic mass is 16.5. The number of fused-ring (bicyclic) bond motifs is 3. The summed E-state index contributed by atoms with van der Waals surface area (Å²) in [7, 11) is 0. The maximum atomic E-state index is 6.76. The van der Waals surface area contributed by atoms with E-state index in [1.54, 1.807) is 0 Å². The molecule has 0 aliphatic rings. The fraction of sp³-hybridized carbons (Fsp3) is 0.256. The highest BCUT2D eigenvalue weighted by Crippen LogP contribution is 2.37. The van der Waals surface area contributed by atoms with Crippen LogP contribution in [0.4, 0.5) is 0 Å². The standard InChI is InChI=1S/C43H44N4O/c1-6-8-10-14-33-24-35(47-31(5)43(30(4)45-47)34-15-11-9-12-16-34)27-37(25-33)48-36-18-19-38-39-26-32(13-7-2)17-20-40(39)46(41(38)28-36)42-23-29(3)21-22-44-42/h9,11-12,15-28H,6-8,10,13-14H2,1-5H3. The Kier molecular flexibility index (Phi) is 8.86. The normalized spacial score (nSPS) is 11.5. The van der Waals surface area contributed by atoms with Crippen molar-refractivity contribution in [2.45, 2.75) is 73.1 Å². The van der Waals surface area contributed by atoms with E-state index in [0.29, 0.717) is 0 Å². The second-order valence-electron chi connectivity index (χ2n) is 13.0. The maximum absolute atomic E-state index is 6.76. The lowest BCUT2D eigenvalue weighted by molar-refractivity contribution is 0.482. The Labute approximate surface area is 283 Å². The van der Waals surface area contributed by atoms with E-state index in [-0.39, 0.29) is 0 Å². The first-order valence-corrected chi connectivity index (χ1v) is 17.4. The molecule has 3 heterocycles. The zero-order valence-corrected chi connectivity index (χ0v) is 28.8. The number of unbranched alkanes of at least 4 members (excludes halogenated alkanes) is 2. The van der Waals surface area contributed by atoms with E-state index >= 15 is 0 Å². The summed E-state index contributed by atoms with van der Waals surface area (Å²) >= 11 is 0. The van der Waals surface area contributed by atoms with Gasteiger partial charge in [-0.15, -0.1) is 0 Å². The third-order valence-corrected chi connectivity index (χ3v) is 9.33. The maximum Gasteiger partial charge on any atom is 0.137 e. The summed E-state index contributed by atoms with van der Waals surface area (Å²) in [5.41, 5.74) is 11.5. The number of ether oxygens (including phenoxy) is 1. The number of hydrogen-bond acceptors (Lipinski definition) is 3. The predicted octanol–water partition coefficient (Wildman–Crippen LogP) is 11.4. The van der Waals surface area contributed by atoms with Gasteiger partial charge in [-0.25, -0.2) is 9.67 Å². The zero-order valence-electron chi connectivity index (χ0n) is 28.8. The van der Waals surface area contributed by atoms with E-state index in [1.807, 2.05) is 12.3 Å². The fourth-order valence-corrected chi connectivity index (χ4v) is 7.05. The van der Waals surface area contributed by atoms with E-state index in [1.165, 1.54) is 51.4 Å². The molecule has 242 valence electrons. The molecule has 0 amide bonds. The predicted molar refractivity (Wildman–Crippen MR) is 199 cm³/mol. The van der Waals surface area contributed by atoms with Crippen LogP contribution in [0, 0.1) is 20.8 Å². The van der Waals surface area contributed by atoms with Crippen molar-refractivity contribution in [1.82, 2.24) is 19.3 Å². The fourth-order valence-electron chi connectivity index (χ4n) is 7.05. The number of benzene rings is 4. The number of rotatable bonds is 11. The second kappa shape index (κ2) is 13.5. The highest BCUT2D eigenvalue weighted by Gasteiger charge is 2.18. The molecular formula is C43H44N4O. The SMILES string of the molecule is CCCCCc1cc(Oc2ccc3c4cc(CCC)ccc4n(-c4cc(C)ccn4)c3c2)cc(-n2nc(C)c(-c3ccccc3)c2C)c1. The van der Waals surface area contributed by atoms with Gasteiger partial charge in [-0.3, -0.25) is 4.57 Å². The van der Waals surface area contributed by atoms with Crippen LogP contribution >= 0.6 is 0 Å². The van der Waals surface area contributed by atoms with Crippen LogP contribution in [0.25, 0.3) is 44.4 Å². The molecule has 7 aromatic rings. The van der Waals surface area contributed by atoms with Crippen LogP contribution in [-0.4, -0.2) is 19.3 Å². The van der Waals surface area contributed by atoms with Gasteiger partial charge in [0.2, 0.25) is 0 Å². The molecule has 7 rings (SSSR count). The first-order chi connectivity index (χ1) is 23.4. The molecule has 0 unspecified atom stereocenters. The topological polar surface area (TPSA) is 44.9 Å². The van der Waals surface area contributed by atoms with Gasteiger partial charge in [-0.1, -0.05) is 69.5 Å². The molecule has 4 aromatic carbocycles. The van der Waals surface area contributed by atoms with E-state index in [9.17, 15) is 0 Å². The van der Waals surface area contributed by atoms with Crippen LogP contribution in [0.5, 0.6) is 11.5 Å². The van der Waals surface area contributed by atoms with Crippen LogP contribution in [-0.2, 0) is 12.8 Å². The molecule has 0 aliphatic carbocycles. The molecular weight excluding hydrogens is 589 g/mol. The largest absolute Gasteiger partial charge is 0.457 e. The van der Waals surface area contributed by atoms with Gasteiger partial charge < -0.3 is 4.74 Å². The van der Waals surface area contributed by atoms with Crippen molar-refractivity contribution in [2.24, 2.45) is 0 Å². The van der Waals surface area contributed by atoms with Crippen LogP contribution in [0.2, 0.25) is 0 Å².